The normalized spacial score (nSPS) is 11.2. The number of benzene rings is 3. The molecule has 194 valence electrons. The van der Waals surface area contributed by atoms with Crippen molar-refractivity contribution in [3.8, 4) is 41.0 Å². The molecular weight excluding hydrogens is 546 g/mol. The Hall–Kier alpha value is -4.09. The van der Waals surface area contributed by atoms with E-state index in [4.69, 9.17) is 25.6 Å². The van der Waals surface area contributed by atoms with Gasteiger partial charge in [0.25, 0.3) is 5.56 Å². The van der Waals surface area contributed by atoms with Crippen molar-refractivity contribution in [2.45, 2.75) is 26.7 Å². The third kappa shape index (κ3) is 5.29. The van der Waals surface area contributed by atoms with Crippen LogP contribution in [0.2, 0.25) is 0 Å². The number of nitrogens with zero attached hydrogens (tertiary/aromatic N) is 3. The molecule has 0 fully saturated rings. The summed E-state index contributed by atoms with van der Waals surface area (Å²) in [6.07, 6.45) is 6.91. The van der Waals surface area contributed by atoms with Crippen LogP contribution in [0.3, 0.4) is 0 Å². The average molecular weight is 574 g/mol. The highest BCUT2D eigenvalue weighted by molar-refractivity contribution is 9.10. The SMILES string of the molecule is C#CCOc1cc(Br)c(C=Nn2c(-c3cc(C(C)C)c(OC)cc3C)nc3ccccc3c2=O)cc1OC. The molecule has 0 unspecified atom stereocenters. The van der Waals surface area contributed by atoms with E-state index in [1.807, 2.05) is 37.3 Å². The maximum atomic E-state index is 13.7. The molecule has 38 heavy (non-hydrogen) atoms. The Bertz CT molecular complexity index is 1630. The van der Waals surface area contributed by atoms with Gasteiger partial charge in [0.2, 0.25) is 0 Å². The number of halogens is 1. The average Bonchev–Trinajstić information content (AvgIpc) is 2.91. The molecule has 0 saturated heterocycles. The molecule has 4 aromatic rings. The maximum Gasteiger partial charge on any atom is 0.282 e. The predicted molar refractivity (Wildman–Crippen MR) is 155 cm³/mol. The molecule has 1 heterocycles. The van der Waals surface area contributed by atoms with E-state index >= 15 is 0 Å². The molecule has 0 aliphatic heterocycles. The number of para-hydroxylation sites is 1. The molecule has 0 N–H and O–H groups in total. The number of methoxy groups -OCH3 is 2. The summed E-state index contributed by atoms with van der Waals surface area (Å²) in [6.45, 7) is 6.26. The van der Waals surface area contributed by atoms with Gasteiger partial charge < -0.3 is 14.2 Å². The van der Waals surface area contributed by atoms with Crippen LogP contribution in [0.25, 0.3) is 22.3 Å². The first kappa shape index (κ1) is 27.0. The Morgan fingerprint density at radius 2 is 1.84 bits per heavy atom. The van der Waals surface area contributed by atoms with Gasteiger partial charge in [0, 0.05) is 15.6 Å². The summed E-state index contributed by atoms with van der Waals surface area (Å²) in [4.78, 5) is 18.6. The van der Waals surface area contributed by atoms with Crippen LogP contribution < -0.4 is 19.8 Å². The number of hydrogen-bond acceptors (Lipinski definition) is 6. The van der Waals surface area contributed by atoms with E-state index in [0.717, 1.165) is 22.4 Å². The summed E-state index contributed by atoms with van der Waals surface area (Å²) in [5.41, 5.74) is 3.72. The highest BCUT2D eigenvalue weighted by Crippen LogP contribution is 2.35. The van der Waals surface area contributed by atoms with Crippen molar-refractivity contribution >= 4 is 33.0 Å². The van der Waals surface area contributed by atoms with Crippen LogP contribution in [-0.4, -0.2) is 36.7 Å². The molecule has 8 heteroatoms. The second-order valence-electron chi connectivity index (χ2n) is 8.90. The molecule has 0 bridgehead atoms. The number of rotatable bonds is 8. The number of ether oxygens (including phenoxy) is 3. The van der Waals surface area contributed by atoms with E-state index in [9.17, 15) is 4.79 Å². The first-order chi connectivity index (χ1) is 18.3. The Kier molecular flexibility index (Phi) is 8.18. The lowest BCUT2D eigenvalue weighted by atomic mass is 9.96. The second kappa shape index (κ2) is 11.5. The molecule has 0 aliphatic rings. The van der Waals surface area contributed by atoms with Crippen LogP contribution in [0.5, 0.6) is 17.2 Å². The third-order valence-corrected chi connectivity index (χ3v) is 6.79. The van der Waals surface area contributed by atoms with Gasteiger partial charge in [0.1, 0.15) is 12.4 Å². The molecule has 0 amide bonds. The summed E-state index contributed by atoms with van der Waals surface area (Å²) >= 11 is 3.56. The highest BCUT2D eigenvalue weighted by atomic mass is 79.9. The van der Waals surface area contributed by atoms with Crippen LogP contribution in [0.4, 0.5) is 0 Å². The Balaban J connectivity index is 1.93. The van der Waals surface area contributed by atoms with Gasteiger partial charge in [-0.1, -0.05) is 31.9 Å². The smallest absolute Gasteiger partial charge is 0.282 e. The molecule has 3 aromatic carbocycles. The second-order valence-corrected chi connectivity index (χ2v) is 9.75. The summed E-state index contributed by atoms with van der Waals surface area (Å²) in [6, 6.07) is 14.8. The van der Waals surface area contributed by atoms with Crippen molar-refractivity contribution in [2.75, 3.05) is 20.8 Å². The summed E-state index contributed by atoms with van der Waals surface area (Å²) in [5.74, 6) is 4.85. The minimum Gasteiger partial charge on any atom is -0.496 e. The zero-order valence-corrected chi connectivity index (χ0v) is 23.5. The Morgan fingerprint density at radius 3 is 2.53 bits per heavy atom. The quantitative estimate of drug-likeness (QED) is 0.186. The highest BCUT2D eigenvalue weighted by Gasteiger charge is 2.18. The van der Waals surface area contributed by atoms with Crippen molar-refractivity contribution in [3.05, 3.63) is 80.0 Å². The fourth-order valence-electron chi connectivity index (χ4n) is 4.13. The molecular formula is C30H28BrN3O4. The lowest BCUT2D eigenvalue weighted by Crippen LogP contribution is -2.21. The van der Waals surface area contributed by atoms with Crippen molar-refractivity contribution < 1.29 is 14.2 Å². The van der Waals surface area contributed by atoms with Gasteiger partial charge in [0.15, 0.2) is 17.3 Å². The van der Waals surface area contributed by atoms with Gasteiger partial charge in [-0.2, -0.15) is 9.78 Å². The van der Waals surface area contributed by atoms with Crippen molar-refractivity contribution in [1.29, 1.82) is 0 Å². The summed E-state index contributed by atoms with van der Waals surface area (Å²) in [5, 5.41) is 5.09. The van der Waals surface area contributed by atoms with Crippen LogP contribution in [0, 0.1) is 19.3 Å². The minimum absolute atomic E-state index is 0.108. The van der Waals surface area contributed by atoms with E-state index in [1.54, 1.807) is 38.6 Å². The molecule has 0 atom stereocenters. The molecule has 1 aromatic heterocycles. The van der Waals surface area contributed by atoms with E-state index in [-0.39, 0.29) is 18.1 Å². The van der Waals surface area contributed by atoms with E-state index in [0.29, 0.717) is 38.3 Å². The molecule has 0 radical (unpaired) electrons. The van der Waals surface area contributed by atoms with Crippen LogP contribution in [0.1, 0.15) is 36.5 Å². The van der Waals surface area contributed by atoms with Gasteiger partial charge in [0.05, 0.1) is 31.3 Å². The lowest BCUT2D eigenvalue weighted by molar-refractivity contribution is 0.330. The van der Waals surface area contributed by atoms with Gasteiger partial charge in [-0.15, -0.1) is 6.42 Å². The fraction of sp³-hybridized carbons (Fsp3) is 0.233. The summed E-state index contributed by atoms with van der Waals surface area (Å²) < 4.78 is 18.7. The van der Waals surface area contributed by atoms with Gasteiger partial charge in [-0.05, 0) is 76.3 Å². The molecule has 0 saturated carbocycles. The van der Waals surface area contributed by atoms with Crippen molar-refractivity contribution in [3.63, 3.8) is 0 Å². The zero-order valence-electron chi connectivity index (χ0n) is 21.9. The largest absolute Gasteiger partial charge is 0.496 e. The van der Waals surface area contributed by atoms with Gasteiger partial charge >= 0.3 is 0 Å². The van der Waals surface area contributed by atoms with Crippen LogP contribution >= 0.6 is 15.9 Å². The monoisotopic (exact) mass is 573 g/mol. The van der Waals surface area contributed by atoms with E-state index in [2.05, 4.69) is 40.8 Å². The fourth-order valence-corrected chi connectivity index (χ4v) is 4.56. The van der Waals surface area contributed by atoms with Crippen molar-refractivity contribution in [1.82, 2.24) is 9.66 Å². The number of fused-ring (bicyclic) bond motifs is 1. The van der Waals surface area contributed by atoms with Crippen LogP contribution in [-0.2, 0) is 0 Å². The van der Waals surface area contributed by atoms with E-state index in [1.165, 1.54) is 4.68 Å². The third-order valence-electron chi connectivity index (χ3n) is 6.10. The number of hydrogen-bond donors (Lipinski definition) is 0. The van der Waals surface area contributed by atoms with Crippen molar-refractivity contribution in [2.24, 2.45) is 5.10 Å². The molecule has 0 spiro atoms. The Morgan fingerprint density at radius 1 is 1.11 bits per heavy atom. The number of aromatic nitrogens is 2. The standard InChI is InChI=1S/C30H28BrN3O4/c1-7-12-38-28-16-24(31)20(14-27(28)37-6)17-32-34-29(33-25-11-9-8-10-21(25)30(34)35)23-15-22(18(2)3)26(36-5)13-19(23)4/h1,8-11,13-18H,12H2,2-6H3. The Labute approximate surface area is 230 Å². The zero-order chi connectivity index (χ0) is 27.4. The molecule has 0 aliphatic carbocycles. The number of aryl methyl sites for hydroxylation is 1. The van der Waals surface area contributed by atoms with Gasteiger partial charge in [-0.3, -0.25) is 4.79 Å². The molecule has 7 nitrogen and oxygen atoms in total. The first-order valence-corrected chi connectivity index (χ1v) is 12.8. The number of terminal acetylenes is 1. The van der Waals surface area contributed by atoms with Gasteiger partial charge in [-0.25, -0.2) is 4.98 Å². The van der Waals surface area contributed by atoms with Crippen LogP contribution in [0.15, 0.2) is 62.9 Å². The lowest BCUT2D eigenvalue weighted by Gasteiger charge is -2.17. The molecule has 4 rings (SSSR count). The summed E-state index contributed by atoms with van der Waals surface area (Å²) in [7, 11) is 3.20. The first-order valence-electron chi connectivity index (χ1n) is 12.0. The maximum absolute atomic E-state index is 13.7. The minimum atomic E-state index is -0.278. The topological polar surface area (TPSA) is 74.9 Å². The van der Waals surface area contributed by atoms with E-state index < -0.39 is 0 Å². The predicted octanol–water partition coefficient (Wildman–Crippen LogP) is 6.17.